The SMILES string of the molecule is CCc1cccc(NC(=O)c2cc(OC)c(Br)c(OC)c2)c1. The lowest BCUT2D eigenvalue weighted by Crippen LogP contribution is -2.12. The summed E-state index contributed by atoms with van der Waals surface area (Å²) in [5.74, 6) is 0.885. The number of aryl methyl sites for hydroxylation is 1. The van der Waals surface area contributed by atoms with Gasteiger partial charge >= 0.3 is 0 Å². The van der Waals surface area contributed by atoms with Gasteiger partial charge in [0.05, 0.1) is 14.2 Å². The second kappa shape index (κ2) is 7.31. The number of amides is 1. The van der Waals surface area contributed by atoms with E-state index in [-0.39, 0.29) is 5.91 Å². The van der Waals surface area contributed by atoms with Crippen LogP contribution < -0.4 is 14.8 Å². The summed E-state index contributed by atoms with van der Waals surface area (Å²) in [5, 5.41) is 2.89. The van der Waals surface area contributed by atoms with Gasteiger partial charge < -0.3 is 14.8 Å². The highest BCUT2D eigenvalue weighted by atomic mass is 79.9. The Morgan fingerprint density at radius 1 is 1.14 bits per heavy atom. The van der Waals surface area contributed by atoms with E-state index >= 15 is 0 Å². The number of carbonyl (C=O) groups is 1. The van der Waals surface area contributed by atoms with Crippen molar-refractivity contribution in [2.45, 2.75) is 13.3 Å². The molecule has 5 heteroatoms. The third-order valence-corrected chi connectivity index (χ3v) is 4.08. The van der Waals surface area contributed by atoms with Gasteiger partial charge in [-0.15, -0.1) is 0 Å². The fraction of sp³-hybridized carbons (Fsp3) is 0.235. The molecule has 2 rings (SSSR count). The molecule has 22 heavy (non-hydrogen) atoms. The van der Waals surface area contributed by atoms with Gasteiger partial charge in [0.2, 0.25) is 0 Å². The summed E-state index contributed by atoms with van der Waals surface area (Å²) >= 11 is 3.39. The van der Waals surface area contributed by atoms with Crippen LogP contribution >= 0.6 is 15.9 Å². The molecule has 0 spiro atoms. The Morgan fingerprint density at radius 2 is 1.77 bits per heavy atom. The minimum absolute atomic E-state index is 0.211. The van der Waals surface area contributed by atoms with Gasteiger partial charge in [-0.1, -0.05) is 19.1 Å². The maximum Gasteiger partial charge on any atom is 0.255 e. The van der Waals surface area contributed by atoms with Crippen molar-refractivity contribution in [3.05, 3.63) is 52.0 Å². The zero-order valence-electron chi connectivity index (χ0n) is 12.8. The topological polar surface area (TPSA) is 47.6 Å². The smallest absolute Gasteiger partial charge is 0.255 e. The van der Waals surface area contributed by atoms with Crippen LogP contribution in [0.5, 0.6) is 11.5 Å². The first kappa shape index (κ1) is 16.4. The van der Waals surface area contributed by atoms with Gasteiger partial charge in [0.25, 0.3) is 5.91 Å². The van der Waals surface area contributed by atoms with Crippen molar-refractivity contribution in [3.8, 4) is 11.5 Å². The van der Waals surface area contributed by atoms with Gasteiger partial charge in [-0.2, -0.15) is 0 Å². The van der Waals surface area contributed by atoms with Gasteiger partial charge in [0, 0.05) is 11.3 Å². The quantitative estimate of drug-likeness (QED) is 0.862. The molecule has 0 atom stereocenters. The van der Waals surface area contributed by atoms with Crippen LogP contribution in [0.25, 0.3) is 0 Å². The van der Waals surface area contributed by atoms with Crippen LogP contribution in [0.15, 0.2) is 40.9 Å². The molecule has 0 saturated carbocycles. The molecular weight excluding hydrogens is 346 g/mol. The minimum atomic E-state index is -0.211. The first-order valence-corrected chi connectivity index (χ1v) is 7.70. The van der Waals surface area contributed by atoms with Crippen LogP contribution in [-0.4, -0.2) is 20.1 Å². The van der Waals surface area contributed by atoms with Crippen molar-refractivity contribution in [2.75, 3.05) is 19.5 Å². The number of methoxy groups -OCH3 is 2. The van der Waals surface area contributed by atoms with Crippen molar-refractivity contribution >= 4 is 27.5 Å². The normalized spacial score (nSPS) is 10.2. The van der Waals surface area contributed by atoms with Gasteiger partial charge in [0.15, 0.2) is 0 Å². The van der Waals surface area contributed by atoms with Gasteiger partial charge in [-0.25, -0.2) is 0 Å². The fourth-order valence-electron chi connectivity index (χ4n) is 2.07. The molecule has 1 amide bonds. The lowest BCUT2D eigenvalue weighted by atomic mass is 10.1. The van der Waals surface area contributed by atoms with Crippen molar-refractivity contribution in [1.29, 1.82) is 0 Å². The minimum Gasteiger partial charge on any atom is -0.495 e. The van der Waals surface area contributed by atoms with Crippen LogP contribution in [0, 0.1) is 0 Å². The molecule has 0 heterocycles. The first-order valence-electron chi connectivity index (χ1n) is 6.90. The zero-order valence-corrected chi connectivity index (χ0v) is 14.4. The Bertz CT molecular complexity index is 660. The summed E-state index contributed by atoms with van der Waals surface area (Å²) in [6, 6.07) is 11.1. The van der Waals surface area contributed by atoms with E-state index in [0.29, 0.717) is 21.5 Å². The number of anilines is 1. The molecular formula is C17H18BrNO3. The Kier molecular flexibility index (Phi) is 5.44. The van der Waals surface area contributed by atoms with E-state index in [2.05, 4.69) is 28.2 Å². The number of ether oxygens (including phenoxy) is 2. The van der Waals surface area contributed by atoms with E-state index < -0.39 is 0 Å². The van der Waals surface area contributed by atoms with Crippen molar-refractivity contribution in [1.82, 2.24) is 0 Å². The standard InChI is InChI=1S/C17H18BrNO3/c1-4-11-6-5-7-13(8-11)19-17(20)12-9-14(21-2)16(18)15(10-12)22-3/h5-10H,4H2,1-3H3,(H,19,20). The molecule has 0 fully saturated rings. The Balaban J connectivity index is 2.29. The molecule has 0 aliphatic heterocycles. The molecule has 116 valence electrons. The van der Waals surface area contributed by atoms with Crippen molar-refractivity contribution < 1.29 is 14.3 Å². The third-order valence-electron chi connectivity index (χ3n) is 3.30. The number of benzene rings is 2. The molecule has 1 N–H and O–H groups in total. The Labute approximate surface area is 138 Å². The van der Waals surface area contributed by atoms with E-state index in [4.69, 9.17) is 9.47 Å². The maximum absolute atomic E-state index is 12.4. The summed E-state index contributed by atoms with van der Waals surface area (Å²) in [5.41, 5.74) is 2.41. The number of hydrogen-bond acceptors (Lipinski definition) is 3. The number of nitrogens with one attached hydrogen (secondary N) is 1. The van der Waals surface area contributed by atoms with E-state index in [1.165, 1.54) is 5.56 Å². The molecule has 0 bridgehead atoms. The average molecular weight is 364 g/mol. The van der Waals surface area contributed by atoms with E-state index in [1.807, 2.05) is 24.3 Å². The molecule has 0 saturated heterocycles. The molecule has 0 unspecified atom stereocenters. The van der Waals surface area contributed by atoms with Crippen LogP contribution in [0.4, 0.5) is 5.69 Å². The third kappa shape index (κ3) is 3.60. The highest BCUT2D eigenvalue weighted by molar-refractivity contribution is 9.10. The van der Waals surface area contributed by atoms with E-state index in [9.17, 15) is 4.79 Å². The predicted octanol–water partition coefficient (Wildman–Crippen LogP) is 4.28. The van der Waals surface area contributed by atoms with Crippen molar-refractivity contribution in [3.63, 3.8) is 0 Å². The number of carbonyl (C=O) groups excluding carboxylic acids is 1. The molecule has 2 aromatic rings. The number of hydrogen-bond donors (Lipinski definition) is 1. The second-order valence-corrected chi connectivity index (χ2v) is 5.50. The highest BCUT2D eigenvalue weighted by Crippen LogP contribution is 2.35. The maximum atomic E-state index is 12.4. The average Bonchev–Trinajstić information content (AvgIpc) is 2.55. The molecule has 0 aromatic heterocycles. The molecule has 2 aromatic carbocycles. The summed E-state index contributed by atoms with van der Waals surface area (Å²) in [4.78, 5) is 12.4. The van der Waals surface area contributed by atoms with E-state index in [0.717, 1.165) is 12.1 Å². The summed E-state index contributed by atoms with van der Waals surface area (Å²) in [6.07, 6.45) is 0.920. The molecule has 0 aliphatic rings. The van der Waals surface area contributed by atoms with Gasteiger partial charge in [0.1, 0.15) is 16.0 Å². The summed E-state index contributed by atoms with van der Waals surface area (Å²) < 4.78 is 11.2. The monoisotopic (exact) mass is 363 g/mol. The molecule has 4 nitrogen and oxygen atoms in total. The lowest BCUT2D eigenvalue weighted by Gasteiger charge is -2.12. The molecule has 0 radical (unpaired) electrons. The van der Waals surface area contributed by atoms with Gasteiger partial charge in [-0.3, -0.25) is 4.79 Å². The van der Waals surface area contributed by atoms with Crippen LogP contribution in [0.3, 0.4) is 0 Å². The zero-order chi connectivity index (χ0) is 16.1. The second-order valence-electron chi connectivity index (χ2n) is 4.70. The lowest BCUT2D eigenvalue weighted by molar-refractivity contribution is 0.102. The largest absolute Gasteiger partial charge is 0.495 e. The predicted molar refractivity (Wildman–Crippen MR) is 91.0 cm³/mol. The Morgan fingerprint density at radius 3 is 2.32 bits per heavy atom. The Hall–Kier alpha value is -2.01. The fourth-order valence-corrected chi connectivity index (χ4v) is 2.63. The van der Waals surface area contributed by atoms with Crippen molar-refractivity contribution in [2.24, 2.45) is 0 Å². The van der Waals surface area contributed by atoms with Crippen LogP contribution in [0.1, 0.15) is 22.8 Å². The van der Waals surface area contributed by atoms with E-state index in [1.54, 1.807) is 26.4 Å². The number of halogens is 1. The van der Waals surface area contributed by atoms with Gasteiger partial charge in [-0.05, 0) is 52.2 Å². The summed E-state index contributed by atoms with van der Waals surface area (Å²) in [6.45, 7) is 2.07. The highest BCUT2D eigenvalue weighted by Gasteiger charge is 2.14. The first-order chi connectivity index (χ1) is 10.6. The number of rotatable bonds is 5. The van der Waals surface area contributed by atoms with Crippen LogP contribution in [0.2, 0.25) is 0 Å². The summed E-state index contributed by atoms with van der Waals surface area (Å²) in [7, 11) is 3.10. The van der Waals surface area contributed by atoms with Crippen LogP contribution in [-0.2, 0) is 6.42 Å². The molecule has 0 aliphatic carbocycles.